The van der Waals surface area contributed by atoms with Crippen LogP contribution in [0.4, 0.5) is 18.9 Å². The van der Waals surface area contributed by atoms with Gasteiger partial charge in [-0.3, -0.25) is 9.78 Å². The molecule has 0 spiro atoms. The molecule has 1 saturated heterocycles. The Morgan fingerprint density at radius 2 is 2.00 bits per heavy atom. The second-order valence-corrected chi connectivity index (χ2v) is 5.01. The van der Waals surface area contributed by atoms with Crippen LogP contribution in [0.3, 0.4) is 0 Å². The first-order valence-electron chi connectivity index (χ1n) is 6.37. The molecule has 0 atom stereocenters. The highest BCUT2D eigenvalue weighted by Crippen LogP contribution is 2.34. The fraction of sp³-hybridized carbons (Fsp3) is 0.538. The molecule has 20 heavy (non-hydrogen) atoms. The number of piperidine rings is 1. The summed E-state index contributed by atoms with van der Waals surface area (Å²) in [6.07, 6.45) is -2.83. The first-order chi connectivity index (χ1) is 9.29. The van der Waals surface area contributed by atoms with Gasteiger partial charge in [0.25, 0.3) is 5.91 Å². The van der Waals surface area contributed by atoms with E-state index < -0.39 is 12.1 Å². The van der Waals surface area contributed by atoms with E-state index in [1.54, 1.807) is 6.92 Å². The van der Waals surface area contributed by atoms with Crippen LogP contribution >= 0.6 is 0 Å². The lowest BCUT2D eigenvalue weighted by Crippen LogP contribution is -2.42. The summed E-state index contributed by atoms with van der Waals surface area (Å²) in [7, 11) is 0. The minimum atomic E-state index is -4.18. The summed E-state index contributed by atoms with van der Waals surface area (Å²) < 4.78 is 37.7. The Labute approximate surface area is 114 Å². The van der Waals surface area contributed by atoms with E-state index in [1.165, 1.54) is 17.2 Å². The van der Waals surface area contributed by atoms with Gasteiger partial charge in [0, 0.05) is 13.1 Å². The number of nitrogens with zero attached hydrogens (tertiary/aromatic N) is 2. The Morgan fingerprint density at radius 1 is 1.40 bits per heavy atom. The van der Waals surface area contributed by atoms with Crippen LogP contribution in [-0.4, -0.2) is 35.1 Å². The predicted octanol–water partition coefficient (Wildman–Crippen LogP) is 2.39. The second kappa shape index (κ2) is 5.30. The Kier molecular flexibility index (Phi) is 3.87. The SMILES string of the molecule is Cc1ncc(N)cc1C(=O)N1CCC(C(F)(F)F)CC1. The van der Waals surface area contributed by atoms with Gasteiger partial charge in [0.15, 0.2) is 0 Å². The van der Waals surface area contributed by atoms with Crippen molar-refractivity contribution in [3.05, 3.63) is 23.5 Å². The van der Waals surface area contributed by atoms with Gasteiger partial charge >= 0.3 is 6.18 Å². The fourth-order valence-corrected chi connectivity index (χ4v) is 2.35. The van der Waals surface area contributed by atoms with Crippen molar-refractivity contribution >= 4 is 11.6 Å². The Balaban J connectivity index is 2.07. The second-order valence-electron chi connectivity index (χ2n) is 5.01. The van der Waals surface area contributed by atoms with Crippen LogP contribution < -0.4 is 5.73 Å². The highest BCUT2D eigenvalue weighted by Gasteiger charge is 2.41. The number of anilines is 1. The van der Waals surface area contributed by atoms with Gasteiger partial charge < -0.3 is 10.6 Å². The zero-order valence-electron chi connectivity index (χ0n) is 11.1. The average Bonchev–Trinajstić information content (AvgIpc) is 2.40. The number of nitrogen functional groups attached to an aromatic ring is 1. The number of carbonyl (C=O) groups excluding carboxylic acids is 1. The number of aryl methyl sites for hydroxylation is 1. The lowest BCUT2D eigenvalue weighted by Gasteiger charge is -2.33. The van der Waals surface area contributed by atoms with Crippen molar-refractivity contribution in [1.29, 1.82) is 0 Å². The highest BCUT2D eigenvalue weighted by atomic mass is 19.4. The normalized spacial score (nSPS) is 17.3. The van der Waals surface area contributed by atoms with Crippen LogP contribution in [0.1, 0.15) is 28.9 Å². The number of rotatable bonds is 1. The minimum Gasteiger partial charge on any atom is -0.397 e. The summed E-state index contributed by atoms with van der Waals surface area (Å²) in [6.45, 7) is 1.89. The van der Waals surface area contributed by atoms with Crippen LogP contribution in [0.15, 0.2) is 12.3 Å². The van der Waals surface area contributed by atoms with Crippen molar-refractivity contribution in [2.75, 3.05) is 18.8 Å². The summed E-state index contributed by atoms with van der Waals surface area (Å²) in [4.78, 5) is 17.7. The average molecular weight is 287 g/mol. The first-order valence-corrected chi connectivity index (χ1v) is 6.37. The molecule has 1 fully saturated rings. The van der Waals surface area contributed by atoms with Crippen molar-refractivity contribution in [3.8, 4) is 0 Å². The van der Waals surface area contributed by atoms with E-state index in [0.717, 1.165) is 0 Å². The number of hydrogen-bond acceptors (Lipinski definition) is 3. The Morgan fingerprint density at radius 3 is 2.55 bits per heavy atom. The highest BCUT2D eigenvalue weighted by molar-refractivity contribution is 5.96. The molecule has 1 aliphatic heterocycles. The monoisotopic (exact) mass is 287 g/mol. The third kappa shape index (κ3) is 3.02. The number of likely N-dealkylation sites (tertiary alicyclic amines) is 1. The predicted molar refractivity (Wildman–Crippen MR) is 68.1 cm³/mol. The van der Waals surface area contributed by atoms with E-state index in [-0.39, 0.29) is 31.8 Å². The number of amides is 1. The molecule has 2 rings (SSSR count). The molecule has 7 heteroatoms. The van der Waals surface area contributed by atoms with Gasteiger partial charge in [0.05, 0.1) is 29.1 Å². The van der Waals surface area contributed by atoms with E-state index in [2.05, 4.69) is 4.98 Å². The molecule has 2 N–H and O–H groups in total. The van der Waals surface area contributed by atoms with Crippen LogP contribution in [0.25, 0.3) is 0 Å². The van der Waals surface area contributed by atoms with Crippen molar-refractivity contribution in [2.24, 2.45) is 5.92 Å². The molecule has 0 bridgehead atoms. The van der Waals surface area contributed by atoms with Crippen LogP contribution in [0.5, 0.6) is 0 Å². The molecule has 0 unspecified atom stereocenters. The van der Waals surface area contributed by atoms with Gasteiger partial charge in [0.2, 0.25) is 0 Å². The van der Waals surface area contributed by atoms with Crippen molar-refractivity contribution in [2.45, 2.75) is 25.9 Å². The zero-order valence-corrected chi connectivity index (χ0v) is 11.1. The summed E-state index contributed by atoms with van der Waals surface area (Å²) >= 11 is 0. The van der Waals surface area contributed by atoms with Gasteiger partial charge in [-0.05, 0) is 25.8 Å². The molecule has 110 valence electrons. The van der Waals surface area contributed by atoms with E-state index in [9.17, 15) is 18.0 Å². The lowest BCUT2D eigenvalue weighted by molar-refractivity contribution is -0.183. The molecule has 1 aromatic heterocycles. The molecule has 0 aliphatic carbocycles. The van der Waals surface area contributed by atoms with Gasteiger partial charge in [-0.15, -0.1) is 0 Å². The molecular formula is C13H16F3N3O. The Hall–Kier alpha value is -1.79. The molecule has 0 aromatic carbocycles. The fourth-order valence-electron chi connectivity index (χ4n) is 2.35. The standard InChI is InChI=1S/C13H16F3N3O/c1-8-11(6-10(17)7-18-8)12(20)19-4-2-9(3-5-19)13(14,15)16/h6-7,9H,2-5,17H2,1H3. The third-order valence-electron chi connectivity index (χ3n) is 3.58. The maximum Gasteiger partial charge on any atom is 0.391 e. The van der Waals surface area contributed by atoms with E-state index in [4.69, 9.17) is 5.73 Å². The number of carbonyl (C=O) groups is 1. The minimum absolute atomic E-state index is 0.0516. The van der Waals surface area contributed by atoms with Crippen molar-refractivity contribution in [1.82, 2.24) is 9.88 Å². The van der Waals surface area contributed by atoms with Gasteiger partial charge in [0.1, 0.15) is 0 Å². The molecule has 2 heterocycles. The maximum atomic E-state index is 12.6. The van der Waals surface area contributed by atoms with Crippen LogP contribution in [-0.2, 0) is 0 Å². The molecule has 4 nitrogen and oxygen atoms in total. The summed E-state index contributed by atoms with van der Waals surface area (Å²) in [6, 6.07) is 1.51. The molecule has 1 aliphatic rings. The number of hydrogen-bond donors (Lipinski definition) is 1. The number of nitrogens with two attached hydrogens (primary N) is 1. The maximum absolute atomic E-state index is 12.6. The molecule has 1 amide bonds. The quantitative estimate of drug-likeness (QED) is 0.862. The topological polar surface area (TPSA) is 59.2 Å². The van der Waals surface area contributed by atoms with E-state index >= 15 is 0 Å². The summed E-state index contributed by atoms with van der Waals surface area (Å²) in [5.74, 6) is -1.62. The third-order valence-corrected chi connectivity index (χ3v) is 3.58. The Bertz CT molecular complexity index is 508. The smallest absolute Gasteiger partial charge is 0.391 e. The number of halogens is 3. The number of pyridine rings is 1. The van der Waals surface area contributed by atoms with E-state index in [1.807, 2.05) is 0 Å². The zero-order chi connectivity index (χ0) is 14.9. The molecule has 0 radical (unpaired) electrons. The summed E-state index contributed by atoms with van der Waals surface area (Å²) in [5, 5.41) is 0. The van der Waals surface area contributed by atoms with Gasteiger partial charge in [-0.2, -0.15) is 13.2 Å². The largest absolute Gasteiger partial charge is 0.397 e. The van der Waals surface area contributed by atoms with E-state index in [0.29, 0.717) is 16.9 Å². The lowest BCUT2D eigenvalue weighted by atomic mass is 9.95. The van der Waals surface area contributed by atoms with Gasteiger partial charge in [-0.25, -0.2) is 0 Å². The molecule has 0 saturated carbocycles. The molecule has 1 aromatic rings. The van der Waals surface area contributed by atoms with Crippen molar-refractivity contribution in [3.63, 3.8) is 0 Å². The molecular weight excluding hydrogens is 271 g/mol. The first kappa shape index (κ1) is 14.6. The number of alkyl halides is 3. The van der Waals surface area contributed by atoms with Crippen LogP contribution in [0.2, 0.25) is 0 Å². The number of aromatic nitrogens is 1. The summed E-state index contributed by atoms with van der Waals surface area (Å²) in [5.41, 5.74) is 6.84. The van der Waals surface area contributed by atoms with Gasteiger partial charge in [-0.1, -0.05) is 0 Å². The van der Waals surface area contributed by atoms with Crippen LogP contribution in [0, 0.1) is 12.8 Å². The van der Waals surface area contributed by atoms with Crippen molar-refractivity contribution < 1.29 is 18.0 Å².